The fourth-order valence-corrected chi connectivity index (χ4v) is 3.19. The van der Waals surface area contributed by atoms with Crippen LogP contribution in [0.15, 0.2) is 42.0 Å². The van der Waals surface area contributed by atoms with Gasteiger partial charge in [0.2, 0.25) is 0 Å². The predicted octanol–water partition coefficient (Wildman–Crippen LogP) is 2.85. The van der Waals surface area contributed by atoms with Gasteiger partial charge in [-0.2, -0.15) is 0 Å². The van der Waals surface area contributed by atoms with E-state index in [1.807, 2.05) is 19.1 Å². The lowest BCUT2D eigenvalue weighted by atomic mass is 10.0. The zero-order chi connectivity index (χ0) is 21.1. The molecule has 1 heterocycles. The third-order valence-corrected chi connectivity index (χ3v) is 4.72. The molecule has 2 amide bonds. The lowest BCUT2D eigenvalue weighted by molar-refractivity contribution is -0.122. The molecule has 1 fully saturated rings. The van der Waals surface area contributed by atoms with Crippen molar-refractivity contribution in [1.29, 1.82) is 0 Å². The average Bonchev–Trinajstić information content (AvgIpc) is 2.71. The number of methoxy groups -OCH3 is 3. The molecule has 1 aliphatic heterocycles. The van der Waals surface area contributed by atoms with Gasteiger partial charge in [0.1, 0.15) is 22.8 Å². The summed E-state index contributed by atoms with van der Waals surface area (Å²) >= 11 is 5.22. The van der Waals surface area contributed by atoms with E-state index in [0.717, 1.165) is 5.56 Å². The maximum atomic E-state index is 13.2. The van der Waals surface area contributed by atoms with E-state index in [4.69, 9.17) is 26.4 Å². The van der Waals surface area contributed by atoms with E-state index >= 15 is 0 Å². The summed E-state index contributed by atoms with van der Waals surface area (Å²) in [5, 5.41) is 2.59. The summed E-state index contributed by atoms with van der Waals surface area (Å²) in [4.78, 5) is 27.0. The van der Waals surface area contributed by atoms with Gasteiger partial charge >= 0.3 is 0 Å². The minimum Gasteiger partial charge on any atom is -0.496 e. The number of amides is 2. The second-order valence-electron chi connectivity index (χ2n) is 6.24. The van der Waals surface area contributed by atoms with E-state index in [2.05, 4.69) is 5.32 Å². The van der Waals surface area contributed by atoms with Gasteiger partial charge in [-0.3, -0.25) is 19.8 Å². The number of nitrogens with zero attached hydrogens (tertiary/aromatic N) is 1. The van der Waals surface area contributed by atoms with Crippen LogP contribution in [0, 0.1) is 6.92 Å². The molecule has 29 heavy (non-hydrogen) atoms. The molecule has 7 nitrogen and oxygen atoms in total. The van der Waals surface area contributed by atoms with Crippen molar-refractivity contribution in [3.63, 3.8) is 0 Å². The van der Waals surface area contributed by atoms with Gasteiger partial charge < -0.3 is 14.2 Å². The average molecular weight is 412 g/mol. The second kappa shape index (κ2) is 8.32. The van der Waals surface area contributed by atoms with Crippen molar-refractivity contribution in [1.82, 2.24) is 5.32 Å². The Morgan fingerprint density at radius 2 is 1.55 bits per heavy atom. The molecule has 0 bridgehead atoms. The summed E-state index contributed by atoms with van der Waals surface area (Å²) in [6.45, 7) is 1.94. The number of aryl methyl sites for hydroxylation is 1. The van der Waals surface area contributed by atoms with Crippen LogP contribution in [-0.4, -0.2) is 38.3 Å². The summed E-state index contributed by atoms with van der Waals surface area (Å²) in [5.74, 6) is 0.169. The molecule has 0 atom stereocenters. The predicted molar refractivity (Wildman–Crippen MR) is 113 cm³/mol. The minimum atomic E-state index is -0.594. The fraction of sp³-hybridized carbons (Fsp3) is 0.190. The number of rotatable bonds is 5. The molecule has 2 aromatic carbocycles. The number of hydrogen-bond acceptors (Lipinski definition) is 6. The van der Waals surface area contributed by atoms with Crippen LogP contribution in [0.3, 0.4) is 0 Å². The van der Waals surface area contributed by atoms with Gasteiger partial charge in [-0.25, -0.2) is 0 Å². The number of thiocarbonyl (C=S) groups is 1. The van der Waals surface area contributed by atoms with Gasteiger partial charge in [-0.05, 0) is 37.4 Å². The Balaban J connectivity index is 2.11. The van der Waals surface area contributed by atoms with Gasteiger partial charge in [0.25, 0.3) is 11.8 Å². The van der Waals surface area contributed by atoms with Crippen molar-refractivity contribution in [2.45, 2.75) is 6.92 Å². The molecule has 3 rings (SSSR count). The first-order valence-electron chi connectivity index (χ1n) is 8.67. The molecule has 0 saturated carbocycles. The van der Waals surface area contributed by atoms with Gasteiger partial charge in [0.05, 0.1) is 32.6 Å². The van der Waals surface area contributed by atoms with Crippen LogP contribution in [0.25, 0.3) is 6.08 Å². The number of hydrogen-bond donors (Lipinski definition) is 1. The fourth-order valence-electron chi connectivity index (χ4n) is 2.91. The van der Waals surface area contributed by atoms with Crippen LogP contribution >= 0.6 is 12.2 Å². The molecule has 8 heteroatoms. The van der Waals surface area contributed by atoms with Crippen molar-refractivity contribution in [3.05, 3.63) is 53.1 Å². The van der Waals surface area contributed by atoms with Crippen LogP contribution in [0.1, 0.15) is 11.1 Å². The molecule has 0 unspecified atom stereocenters. The Hall–Kier alpha value is -3.39. The number of benzene rings is 2. The van der Waals surface area contributed by atoms with Gasteiger partial charge in [-0.1, -0.05) is 17.7 Å². The molecule has 1 aliphatic rings. The van der Waals surface area contributed by atoms with Crippen LogP contribution in [0.4, 0.5) is 5.69 Å². The van der Waals surface area contributed by atoms with Crippen LogP contribution in [-0.2, 0) is 9.59 Å². The monoisotopic (exact) mass is 412 g/mol. The number of nitrogens with one attached hydrogen (secondary N) is 1. The largest absolute Gasteiger partial charge is 0.496 e. The smallest absolute Gasteiger partial charge is 0.270 e. The number of ether oxygens (including phenoxy) is 3. The Morgan fingerprint density at radius 1 is 0.966 bits per heavy atom. The van der Waals surface area contributed by atoms with Crippen LogP contribution < -0.4 is 24.4 Å². The number of carbonyl (C=O) groups excluding carboxylic acids is 2. The summed E-state index contributed by atoms with van der Waals surface area (Å²) < 4.78 is 16.0. The molecular weight excluding hydrogens is 392 g/mol. The van der Waals surface area contributed by atoms with Crippen LogP contribution in [0.2, 0.25) is 0 Å². The van der Waals surface area contributed by atoms with Gasteiger partial charge in [0, 0.05) is 12.1 Å². The summed E-state index contributed by atoms with van der Waals surface area (Å²) in [6, 6.07) is 10.5. The first kappa shape index (κ1) is 20.3. The molecule has 0 aliphatic carbocycles. The number of carbonyl (C=O) groups is 2. The Labute approximate surface area is 173 Å². The summed E-state index contributed by atoms with van der Waals surface area (Å²) in [5.41, 5.74) is 1.94. The van der Waals surface area contributed by atoms with E-state index in [0.29, 0.717) is 28.5 Å². The molecule has 0 radical (unpaired) electrons. The topological polar surface area (TPSA) is 77.1 Å². The summed E-state index contributed by atoms with van der Waals surface area (Å²) in [6.07, 6.45) is 1.43. The molecule has 150 valence electrons. The minimum absolute atomic E-state index is 0.0228. The Morgan fingerprint density at radius 3 is 2.07 bits per heavy atom. The lowest BCUT2D eigenvalue weighted by Gasteiger charge is -2.29. The highest BCUT2D eigenvalue weighted by Gasteiger charge is 2.35. The molecular formula is C21H20N2O5S. The Bertz CT molecular complexity index is 989. The second-order valence-corrected chi connectivity index (χ2v) is 6.63. The molecule has 0 aromatic heterocycles. The highest BCUT2D eigenvalue weighted by Crippen LogP contribution is 2.36. The molecule has 2 aromatic rings. The number of anilines is 1. The normalized spacial score (nSPS) is 15.4. The first-order chi connectivity index (χ1) is 13.9. The van der Waals surface area contributed by atoms with Crippen molar-refractivity contribution in [2.24, 2.45) is 0 Å². The highest BCUT2D eigenvalue weighted by molar-refractivity contribution is 7.80. The van der Waals surface area contributed by atoms with Crippen molar-refractivity contribution in [3.8, 4) is 17.2 Å². The lowest BCUT2D eigenvalue weighted by Crippen LogP contribution is -2.54. The zero-order valence-corrected chi connectivity index (χ0v) is 17.3. The molecule has 1 N–H and O–H groups in total. The standard InChI is InChI=1S/C21H20N2O5S/c1-12-5-7-13(8-6-12)23-20(25)16(19(24)22-21(23)29)11-15-17(27-3)9-14(26-2)10-18(15)28-4/h5-11H,1-4H3,(H,22,24,29). The van der Waals surface area contributed by atoms with Crippen molar-refractivity contribution in [2.75, 3.05) is 26.2 Å². The third-order valence-electron chi connectivity index (χ3n) is 4.44. The van der Waals surface area contributed by atoms with Gasteiger partial charge in [0.15, 0.2) is 5.11 Å². The third kappa shape index (κ3) is 3.93. The van der Waals surface area contributed by atoms with E-state index in [-0.39, 0.29) is 10.7 Å². The maximum Gasteiger partial charge on any atom is 0.270 e. The maximum absolute atomic E-state index is 13.2. The SMILES string of the molecule is COc1cc(OC)c(C=C2C(=O)NC(=S)N(c3ccc(C)cc3)C2=O)c(OC)c1. The zero-order valence-electron chi connectivity index (χ0n) is 16.4. The van der Waals surface area contributed by atoms with Crippen molar-refractivity contribution < 1.29 is 23.8 Å². The van der Waals surface area contributed by atoms with E-state index < -0.39 is 11.8 Å². The van der Waals surface area contributed by atoms with Crippen molar-refractivity contribution >= 4 is 40.9 Å². The summed E-state index contributed by atoms with van der Waals surface area (Å²) in [7, 11) is 4.48. The molecule has 0 spiro atoms. The van der Waals surface area contributed by atoms with E-state index in [9.17, 15) is 9.59 Å². The Kier molecular flexibility index (Phi) is 5.84. The molecule has 1 saturated heterocycles. The van der Waals surface area contributed by atoms with Gasteiger partial charge in [-0.15, -0.1) is 0 Å². The quantitative estimate of drug-likeness (QED) is 0.462. The highest BCUT2D eigenvalue weighted by atomic mass is 32.1. The first-order valence-corrected chi connectivity index (χ1v) is 9.08. The van der Waals surface area contributed by atoms with Crippen LogP contribution in [0.5, 0.6) is 17.2 Å². The van der Waals surface area contributed by atoms with E-state index in [1.165, 1.54) is 32.3 Å². The van der Waals surface area contributed by atoms with E-state index in [1.54, 1.807) is 24.3 Å².